The van der Waals surface area contributed by atoms with E-state index in [1.54, 1.807) is 18.2 Å². The minimum atomic E-state index is -0.118. The molecule has 1 aromatic heterocycles. The Kier molecular flexibility index (Phi) is 4.71. The number of benzene rings is 2. The molecule has 112 valence electrons. The lowest BCUT2D eigenvalue weighted by Crippen LogP contribution is -2.13. The number of halogens is 2. The van der Waals surface area contributed by atoms with Crippen molar-refractivity contribution in [2.75, 3.05) is 11.1 Å². The smallest absolute Gasteiger partial charge is 0.257 e. The summed E-state index contributed by atoms with van der Waals surface area (Å²) in [4.78, 5) is 16.2. The molecule has 0 aliphatic rings. The Bertz CT molecular complexity index is 820. The van der Waals surface area contributed by atoms with Crippen LogP contribution in [0.3, 0.4) is 0 Å². The van der Waals surface area contributed by atoms with E-state index in [-0.39, 0.29) is 11.7 Å². The molecule has 0 fully saturated rings. The summed E-state index contributed by atoms with van der Waals surface area (Å²) in [5, 5.41) is 3.86. The van der Waals surface area contributed by atoms with Gasteiger partial charge in [-0.15, -0.1) is 0 Å². The molecule has 0 saturated carbocycles. The third kappa shape index (κ3) is 3.82. The molecule has 1 N–H and O–H groups in total. The van der Waals surface area contributed by atoms with E-state index in [4.69, 9.17) is 16.0 Å². The van der Waals surface area contributed by atoms with Gasteiger partial charge in [0, 0.05) is 15.2 Å². The van der Waals surface area contributed by atoms with Crippen LogP contribution in [-0.2, 0) is 4.79 Å². The summed E-state index contributed by atoms with van der Waals surface area (Å²) in [6, 6.07) is 12.6. The molecule has 7 heteroatoms. The van der Waals surface area contributed by atoms with E-state index in [2.05, 4.69) is 26.2 Å². The summed E-state index contributed by atoms with van der Waals surface area (Å²) >= 11 is 10.5. The summed E-state index contributed by atoms with van der Waals surface area (Å²) < 4.78 is 6.51. The summed E-state index contributed by atoms with van der Waals surface area (Å²) in [6.07, 6.45) is 0. The molecule has 2 aromatic carbocycles. The van der Waals surface area contributed by atoms with Gasteiger partial charge < -0.3 is 9.73 Å². The van der Waals surface area contributed by atoms with Gasteiger partial charge in [-0.3, -0.25) is 4.79 Å². The van der Waals surface area contributed by atoms with E-state index < -0.39 is 0 Å². The lowest BCUT2D eigenvalue weighted by molar-refractivity contribution is -0.113. The quantitative estimate of drug-likeness (QED) is 0.631. The summed E-state index contributed by atoms with van der Waals surface area (Å²) in [7, 11) is 0. The molecule has 1 amide bonds. The first-order valence-electron chi connectivity index (χ1n) is 6.34. The Morgan fingerprint density at radius 1 is 1.27 bits per heavy atom. The van der Waals surface area contributed by atoms with Gasteiger partial charge in [-0.2, -0.15) is 0 Å². The predicted molar refractivity (Wildman–Crippen MR) is 92.5 cm³/mol. The van der Waals surface area contributed by atoms with Crippen LogP contribution in [0, 0.1) is 0 Å². The normalized spacial score (nSPS) is 10.8. The Balaban J connectivity index is 1.61. The number of carbonyl (C=O) groups excluding carboxylic acids is 1. The van der Waals surface area contributed by atoms with Gasteiger partial charge in [0.2, 0.25) is 5.91 Å². The van der Waals surface area contributed by atoms with E-state index in [1.807, 2.05) is 24.3 Å². The standard InChI is InChI=1S/C15H10BrClN2O2S/c16-9-1-4-11(5-2-9)18-14(20)8-22-15-19-12-7-10(17)3-6-13(12)21-15/h1-7H,8H2,(H,18,20). The number of rotatable bonds is 4. The van der Waals surface area contributed by atoms with Gasteiger partial charge in [-0.05, 0) is 42.5 Å². The maximum Gasteiger partial charge on any atom is 0.257 e. The van der Waals surface area contributed by atoms with Gasteiger partial charge in [0.05, 0.1) is 5.75 Å². The maximum absolute atomic E-state index is 11.9. The van der Waals surface area contributed by atoms with Crippen molar-refractivity contribution in [3.8, 4) is 0 Å². The summed E-state index contributed by atoms with van der Waals surface area (Å²) in [6.45, 7) is 0. The van der Waals surface area contributed by atoms with Crippen molar-refractivity contribution in [2.24, 2.45) is 0 Å². The van der Waals surface area contributed by atoms with Crippen molar-refractivity contribution in [2.45, 2.75) is 5.22 Å². The van der Waals surface area contributed by atoms with Crippen LogP contribution >= 0.6 is 39.3 Å². The first kappa shape index (κ1) is 15.4. The molecule has 0 bridgehead atoms. The van der Waals surface area contributed by atoms with Crippen LogP contribution in [0.2, 0.25) is 5.02 Å². The molecule has 0 unspecified atom stereocenters. The average molecular weight is 398 g/mol. The van der Waals surface area contributed by atoms with Crippen molar-refractivity contribution in [3.63, 3.8) is 0 Å². The number of nitrogens with one attached hydrogen (secondary N) is 1. The fraction of sp³-hybridized carbons (Fsp3) is 0.0667. The highest BCUT2D eigenvalue weighted by Crippen LogP contribution is 2.25. The molecule has 3 aromatic rings. The van der Waals surface area contributed by atoms with E-state index in [0.29, 0.717) is 21.3 Å². The lowest BCUT2D eigenvalue weighted by Gasteiger charge is -2.03. The van der Waals surface area contributed by atoms with Crippen LogP contribution in [-0.4, -0.2) is 16.6 Å². The molecule has 3 rings (SSSR count). The van der Waals surface area contributed by atoms with Gasteiger partial charge in [0.25, 0.3) is 5.22 Å². The number of aromatic nitrogens is 1. The molecule has 22 heavy (non-hydrogen) atoms. The molecule has 0 atom stereocenters. The fourth-order valence-electron chi connectivity index (χ4n) is 1.80. The number of hydrogen-bond donors (Lipinski definition) is 1. The Morgan fingerprint density at radius 3 is 2.82 bits per heavy atom. The van der Waals surface area contributed by atoms with E-state index in [9.17, 15) is 4.79 Å². The Morgan fingerprint density at radius 2 is 2.05 bits per heavy atom. The zero-order valence-corrected chi connectivity index (χ0v) is 14.3. The van der Waals surface area contributed by atoms with E-state index >= 15 is 0 Å². The van der Waals surface area contributed by atoms with Crippen molar-refractivity contribution in [1.82, 2.24) is 4.98 Å². The maximum atomic E-state index is 11.9. The Hall–Kier alpha value is -1.50. The summed E-state index contributed by atoms with van der Waals surface area (Å²) in [5.74, 6) is 0.101. The van der Waals surface area contributed by atoms with Crippen LogP contribution in [0.4, 0.5) is 5.69 Å². The van der Waals surface area contributed by atoms with E-state index in [0.717, 1.165) is 10.2 Å². The fourth-order valence-corrected chi connectivity index (χ4v) is 2.87. The van der Waals surface area contributed by atoms with Crippen LogP contribution in [0.15, 0.2) is 56.6 Å². The van der Waals surface area contributed by atoms with Gasteiger partial charge in [0.1, 0.15) is 5.52 Å². The number of anilines is 1. The monoisotopic (exact) mass is 396 g/mol. The summed E-state index contributed by atoms with van der Waals surface area (Å²) in [5.41, 5.74) is 2.08. The van der Waals surface area contributed by atoms with Crippen molar-refractivity contribution in [3.05, 3.63) is 52.0 Å². The molecule has 1 heterocycles. The Labute approximate surface area is 144 Å². The molecular weight excluding hydrogens is 388 g/mol. The molecule has 0 saturated heterocycles. The highest BCUT2D eigenvalue weighted by atomic mass is 79.9. The second-order valence-electron chi connectivity index (χ2n) is 4.44. The predicted octanol–water partition coefficient (Wildman–Crippen LogP) is 4.97. The third-order valence-corrected chi connectivity index (χ3v) is 4.38. The van der Waals surface area contributed by atoms with Gasteiger partial charge in [0.15, 0.2) is 5.58 Å². The van der Waals surface area contributed by atoms with Crippen molar-refractivity contribution in [1.29, 1.82) is 0 Å². The minimum Gasteiger partial charge on any atom is -0.431 e. The number of nitrogens with zero attached hydrogens (tertiary/aromatic N) is 1. The molecule has 4 nitrogen and oxygen atoms in total. The van der Waals surface area contributed by atoms with Gasteiger partial charge in [-0.1, -0.05) is 39.3 Å². The molecular formula is C15H10BrClN2O2S. The number of amides is 1. The van der Waals surface area contributed by atoms with Crippen LogP contribution in [0.1, 0.15) is 0 Å². The van der Waals surface area contributed by atoms with Gasteiger partial charge >= 0.3 is 0 Å². The number of thioether (sulfide) groups is 1. The van der Waals surface area contributed by atoms with Crippen LogP contribution in [0.5, 0.6) is 0 Å². The lowest BCUT2D eigenvalue weighted by atomic mass is 10.3. The highest BCUT2D eigenvalue weighted by Gasteiger charge is 2.10. The zero-order chi connectivity index (χ0) is 15.5. The first-order chi connectivity index (χ1) is 10.6. The largest absolute Gasteiger partial charge is 0.431 e. The van der Waals surface area contributed by atoms with Crippen molar-refractivity contribution < 1.29 is 9.21 Å². The van der Waals surface area contributed by atoms with E-state index in [1.165, 1.54) is 11.8 Å². The minimum absolute atomic E-state index is 0.118. The third-order valence-electron chi connectivity index (χ3n) is 2.78. The number of hydrogen-bond acceptors (Lipinski definition) is 4. The molecule has 0 spiro atoms. The molecule has 0 aliphatic carbocycles. The van der Waals surface area contributed by atoms with Crippen LogP contribution in [0.25, 0.3) is 11.1 Å². The highest BCUT2D eigenvalue weighted by molar-refractivity contribution is 9.10. The number of fused-ring (bicyclic) bond motifs is 1. The van der Waals surface area contributed by atoms with Gasteiger partial charge in [-0.25, -0.2) is 4.98 Å². The SMILES string of the molecule is O=C(CSc1nc2cc(Cl)ccc2o1)Nc1ccc(Br)cc1. The average Bonchev–Trinajstić information content (AvgIpc) is 2.89. The zero-order valence-electron chi connectivity index (χ0n) is 11.2. The number of oxazole rings is 1. The molecule has 0 aliphatic heterocycles. The first-order valence-corrected chi connectivity index (χ1v) is 8.50. The van der Waals surface area contributed by atoms with Crippen LogP contribution < -0.4 is 5.32 Å². The second kappa shape index (κ2) is 6.73. The van der Waals surface area contributed by atoms with Crippen molar-refractivity contribution >= 4 is 62.0 Å². The molecule has 0 radical (unpaired) electrons. The number of carbonyl (C=O) groups is 1. The topological polar surface area (TPSA) is 55.1 Å². The second-order valence-corrected chi connectivity index (χ2v) is 6.71.